The molecule has 0 aliphatic carbocycles. The average molecular weight is 315 g/mol. The minimum atomic E-state index is 0.350. The fraction of sp³-hybridized carbons (Fsp3) is 0.150. The van der Waals surface area contributed by atoms with Crippen molar-refractivity contribution in [2.75, 3.05) is 11.4 Å². The number of aromatic hydroxyl groups is 1. The summed E-state index contributed by atoms with van der Waals surface area (Å²) in [6, 6.07) is 20.2. The summed E-state index contributed by atoms with van der Waals surface area (Å²) in [4.78, 5) is 7.04. The van der Waals surface area contributed by atoms with Crippen LogP contribution in [0.1, 0.15) is 5.56 Å². The number of phenols is 1. The summed E-state index contributed by atoms with van der Waals surface area (Å²) in [6.07, 6.45) is 0. The first-order valence-electron chi connectivity index (χ1n) is 8.21. The molecule has 0 radical (unpaired) electrons. The van der Waals surface area contributed by atoms with Crippen molar-refractivity contribution < 1.29 is 5.11 Å². The van der Waals surface area contributed by atoms with Crippen molar-refractivity contribution in [2.24, 2.45) is 0 Å². The molecule has 118 valence electrons. The fourth-order valence-electron chi connectivity index (χ4n) is 3.68. The molecular formula is C20H17N3O. The van der Waals surface area contributed by atoms with Crippen molar-refractivity contribution >= 4 is 27.8 Å². The number of phenolic OH excluding ortho intramolecular Hbond substituents is 1. The first-order valence-corrected chi connectivity index (χ1v) is 8.21. The first kappa shape index (κ1) is 13.4. The lowest BCUT2D eigenvalue weighted by molar-refractivity contribution is 0.468. The van der Waals surface area contributed by atoms with E-state index in [0.29, 0.717) is 12.3 Å². The van der Waals surface area contributed by atoms with Gasteiger partial charge in [0.15, 0.2) is 0 Å². The lowest BCUT2D eigenvalue weighted by Crippen LogP contribution is -2.20. The van der Waals surface area contributed by atoms with Gasteiger partial charge in [0.2, 0.25) is 5.95 Å². The van der Waals surface area contributed by atoms with Crippen LogP contribution in [-0.2, 0) is 13.1 Å². The van der Waals surface area contributed by atoms with E-state index in [2.05, 4.69) is 33.7 Å². The maximum absolute atomic E-state index is 10.4. The average Bonchev–Trinajstić information content (AvgIpc) is 3.17. The molecule has 1 aromatic heterocycles. The Labute approximate surface area is 139 Å². The van der Waals surface area contributed by atoms with E-state index in [4.69, 9.17) is 4.98 Å². The maximum atomic E-state index is 10.4. The molecule has 0 atom stereocenters. The van der Waals surface area contributed by atoms with Gasteiger partial charge in [-0.3, -0.25) is 0 Å². The van der Waals surface area contributed by atoms with E-state index in [1.807, 2.05) is 30.3 Å². The number of fused-ring (bicyclic) bond motifs is 4. The number of imidazole rings is 1. The number of anilines is 1. The van der Waals surface area contributed by atoms with Crippen LogP contribution >= 0.6 is 0 Å². The highest BCUT2D eigenvalue weighted by Crippen LogP contribution is 2.33. The summed E-state index contributed by atoms with van der Waals surface area (Å²) < 4.78 is 2.26. The molecule has 1 aliphatic rings. The molecule has 2 heterocycles. The van der Waals surface area contributed by atoms with Gasteiger partial charge in [0.05, 0.1) is 17.6 Å². The zero-order valence-electron chi connectivity index (χ0n) is 13.2. The van der Waals surface area contributed by atoms with Crippen LogP contribution in [0, 0.1) is 0 Å². The van der Waals surface area contributed by atoms with Gasteiger partial charge in [-0.05, 0) is 29.0 Å². The van der Waals surface area contributed by atoms with Crippen molar-refractivity contribution in [3.63, 3.8) is 0 Å². The number of para-hydroxylation sites is 2. The Kier molecular flexibility index (Phi) is 2.80. The SMILES string of the molecule is Oc1ccc2ccccc2c1CN1CCn2c1nc1ccccc12. The van der Waals surface area contributed by atoms with E-state index < -0.39 is 0 Å². The van der Waals surface area contributed by atoms with Crippen molar-refractivity contribution in [1.82, 2.24) is 9.55 Å². The van der Waals surface area contributed by atoms with E-state index >= 15 is 0 Å². The topological polar surface area (TPSA) is 41.3 Å². The maximum Gasteiger partial charge on any atom is 0.206 e. The minimum Gasteiger partial charge on any atom is -0.508 e. The van der Waals surface area contributed by atoms with Gasteiger partial charge in [-0.25, -0.2) is 4.98 Å². The second-order valence-electron chi connectivity index (χ2n) is 6.26. The Morgan fingerprint density at radius 2 is 1.75 bits per heavy atom. The van der Waals surface area contributed by atoms with E-state index in [1.165, 1.54) is 5.52 Å². The molecule has 24 heavy (non-hydrogen) atoms. The lowest BCUT2D eigenvalue weighted by atomic mass is 10.0. The Bertz CT molecular complexity index is 1070. The van der Waals surface area contributed by atoms with Crippen LogP contribution in [0.25, 0.3) is 21.8 Å². The van der Waals surface area contributed by atoms with Gasteiger partial charge < -0.3 is 14.6 Å². The molecule has 0 amide bonds. The van der Waals surface area contributed by atoms with Gasteiger partial charge >= 0.3 is 0 Å². The van der Waals surface area contributed by atoms with Crippen LogP contribution in [0.4, 0.5) is 5.95 Å². The molecule has 5 rings (SSSR count). The third-order valence-electron chi connectivity index (χ3n) is 4.88. The number of hydrogen-bond acceptors (Lipinski definition) is 3. The number of aromatic nitrogens is 2. The van der Waals surface area contributed by atoms with Crippen LogP contribution in [0.15, 0.2) is 60.7 Å². The zero-order valence-corrected chi connectivity index (χ0v) is 13.2. The summed E-state index contributed by atoms with van der Waals surface area (Å²) >= 11 is 0. The summed E-state index contributed by atoms with van der Waals surface area (Å²) in [6.45, 7) is 2.51. The smallest absolute Gasteiger partial charge is 0.206 e. The van der Waals surface area contributed by atoms with Crippen molar-refractivity contribution in [2.45, 2.75) is 13.1 Å². The number of hydrogen-bond donors (Lipinski definition) is 1. The summed E-state index contributed by atoms with van der Waals surface area (Å²) in [5.74, 6) is 1.34. The Morgan fingerprint density at radius 1 is 0.917 bits per heavy atom. The second-order valence-corrected chi connectivity index (χ2v) is 6.26. The van der Waals surface area contributed by atoms with Crippen molar-refractivity contribution in [1.29, 1.82) is 0 Å². The van der Waals surface area contributed by atoms with E-state index in [-0.39, 0.29) is 0 Å². The van der Waals surface area contributed by atoms with Crippen LogP contribution in [-0.4, -0.2) is 21.2 Å². The Balaban J connectivity index is 1.60. The van der Waals surface area contributed by atoms with Gasteiger partial charge in [-0.2, -0.15) is 0 Å². The van der Waals surface area contributed by atoms with Gasteiger partial charge in [0.25, 0.3) is 0 Å². The van der Waals surface area contributed by atoms with Gasteiger partial charge in [-0.1, -0.05) is 42.5 Å². The standard InChI is InChI=1S/C20H17N3O/c24-19-10-9-14-5-1-2-6-15(14)16(19)13-22-11-12-23-18-8-4-3-7-17(18)21-20(22)23/h1-10,24H,11-13H2. The number of benzene rings is 3. The van der Waals surface area contributed by atoms with Crippen molar-refractivity contribution in [3.05, 3.63) is 66.2 Å². The molecule has 4 heteroatoms. The summed E-state index contributed by atoms with van der Waals surface area (Å²) in [7, 11) is 0. The summed E-state index contributed by atoms with van der Waals surface area (Å²) in [5.41, 5.74) is 3.17. The minimum absolute atomic E-state index is 0.350. The van der Waals surface area contributed by atoms with Gasteiger partial charge in [0, 0.05) is 18.7 Å². The Hall–Kier alpha value is -3.01. The summed E-state index contributed by atoms with van der Waals surface area (Å²) in [5, 5.41) is 12.7. The number of rotatable bonds is 2. The van der Waals surface area contributed by atoms with Crippen LogP contribution in [0.5, 0.6) is 5.75 Å². The molecule has 4 aromatic rings. The quantitative estimate of drug-likeness (QED) is 0.609. The second kappa shape index (κ2) is 4.99. The van der Waals surface area contributed by atoms with Crippen molar-refractivity contribution in [3.8, 4) is 5.75 Å². The van der Waals surface area contributed by atoms with Crippen LogP contribution < -0.4 is 4.90 Å². The lowest BCUT2D eigenvalue weighted by Gasteiger charge is -2.18. The fourth-order valence-corrected chi connectivity index (χ4v) is 3.68. The molecule has 0 saturated carbocycles. The van der Waals surface area contributed by atoms with Gasteiger partial charge in [-0.15, -0.1) is 0 Å². The molecule has 1 N–H and O–H groups in total. The molecule has 3 aromatic carbocycles. The zero-order chi connectivity index (χ0) is 16.1. The molecular weight excluding hydrogens is 298 g/mol. The normalized spacial score (nSPS) is 13.8. The monoisotopic (exact) mass is 315 g/mol. The van der Waals surface area contributed by atoms with E-state index in [1.54, 1.807) is 6.07 Å². The number of nitrogens with zero attached hydrogens (tertiary/aromatic N) is 3. The first-order chi connectivity index (χ1) is 11.8. The third kappa shape index (κ3) is 1.89. The Morgan fingerprint density at radius 3 is 2.71 bits per heavy atom. The molecule has 0 bridgehead atoms. The molecule has 1 aliphatic heterocycles. The molecule has 0 fully saturated rings. The van der Waals surface area contributed by atoms with Crippen LogP contribution in [0.2, 0.25) is 0 Å². The molecule has 0 unspecified atom stereocenters. The predicted octanol–water partition coefficient (Wildman–Crippen LogP) is 3.92. The molecule has 0 spiro atoms. The highest BCUT2D eigenvalue weighted by atomic mass is 16.3. The highest BCUT2D eigenvalue weighted by molar-refractivity contribution is 5.88. The third-order valence-corrected chi connectivity index (χ3v) is 4.88. The van der Waals surface area contributed by atoms with Gasteiger partial charge in [0.1, 0.15) is 5.75 Å². The van der Waals surface area contributed by atoms with Crippen LogP contribution in [0.3, 0.4) is 0 Å². The van der Waals surface area contributed by atoms with E-state index in [9.17, 15) is 5.11 Å². The highest BCUT2D eigenvalue weighted by Gasteiger charge is 2.24. The molecule has 0 saturated heterocycles. The molecule has 4 nitrogen and oxygen atoms in total. The predicted molar refractivity (Wildman–Crippen MR) is 96.4 cm³/mol. The largest absolute Gasteiger partial charge is 0.508 e. The van der Waals surface area contributed by atoms with E-state index in [0.717, 1.165) is 40.9 Å².